The maximum absolute atomic E-state index is 13.2. The number of carbonyl (C=O) groups is 1. The fourth-order valence-corrected chi connectivity index (χ4v) is 4.10. The van der Waals surface area contributed by atoms with Gasteiger partial charge in [-0.25, -0.2) is 0 Å². The van der Waals surface area contributed by atoms with Gasteiger partial charge in [-0.3, -0.25) is 4.79 Å². The predicted molar refractivity (Wildman–Crippen MR) is 107 cm³/mol. The lowest BCUT2D eigenvalue weighted by Crippen LogP contribution is -2.49. The van der Waals surface area contributed by atoms with Gasteiger partial charge in [-0.05, 0) is 47.4 Å². The highest BCUT2D eigenvalue weighted by atomic mass is 79.9. The van der Waals surface area contributed by atoms with Crippen molar-refractivity contribution in [2.24, 2.45) is 0 Å². The number of fused-ring (bicyclic) bond motifs is 1. The van der Waals surface area contributed by atoms with Crippen LogP contribution in [0, 0.1) is 0 Å². The van der Waals surface area contributed by atoms with E-state index in [1.807, 2.05) is 54.6 Å². The van der Waals surface area contributed by atoms with Crippen LogP contribution < -0.4 is 5.32 Å². The molecular formula is C22H20BrNO2. The average molecular weight is 410 g/mol. The summed E-state index contributed by atoms with van der Waals surface area (Å²) in [6, 6.07) is 22.1. The highest BCUT2D eigenvalue weighted by molar-refractivity contribution is 9.10. The third-order valence-corrected chi connectivity index (χ3v) is 5.60. The summed E-state index contributed by atoms with van der Waals surface area (Å²) in [5, 5.41) is 5.39. The minimum Gasteiger partial charge on any atom is -0.381 e. The second-order valence-electron chi connectivity index (χ2n) is 6.69. The molecule has 1 N–H and O–H groups in total. The molecule has 0 aromatic heterocycles. The van der Waals surface area contributed by atoms with Crippen molar-refractivity contribution in [3.63, 3.8) is 0 Å². The highest BCUT2D eigenvalue weighted by Gasteiger charge is 2.36. The first-order valence-corrected chi connectivity index (χ1v) is 9.61. The van der Waals surface area contributed by atoms with Crippen LogP contribution in [0.4, 0.5) is 0 Å². The number of halogens is 1. The van der Waals surface area contributed by atoms with E-state index < -0.39 is 5.54 Å². The van der Waals surface area contributed by atoms with Gasteiger partial charge in [0.15, 0.2) is 0 Å². The monoisotopic (exact) mass is 409 g/mol. The van der Waals surface area contributed by atoms with E-state index in [-0.39, 0.29) is 5.91 Å². The molecule has 1 saturated heterocycles. The molecule has 0 atom stereocenters. The Morgan fingerprint density at radius 1 is 0.962 bits per heavy atom. The Morgan fingerprint density at radius 3 is 2.50 bits per heavy atom. The summed E-state index contributed by atoms with van der Waals surface area (Å²) in [5.74, 6) is -0.0383. The molecule has 26 heavy (non-hydrogen) atoms. The van der Waals surface area contributed by atoms with Crippen molar-refractivity contribution in [2.75, 3.05) is 13.2 Å². The molecular weight excluding hydrogens is 390 g/mol. The van der Waals surface area contributed by atoms with Gasteiger partial charge in [0, 0.05) is 23.2 Å². The van der Waals surface area contributed by atoms with E-state index in [1.165, 1.54) is 0 Å². The van der Waals surface area contributed by atoms with Crippen molar-refractivity contribution in [2.45, 2.75) is 18.4 Å². The summed E-state index contributed by atoms with van der Waals surface area (Å²) >= 11 is 3.55. The summed E-state index contributed by atoms with van der Waals surface area (Å²) in [6.07, 6.45) is 1.53. The molecule has 1 heterocycles. The zero-order chi connectivity index (χ0) is 18.0. The van der Waals surface area contributed by atoms with Gasteiger partial charge >= 0.3 is 0 Å². The number of carbonyl (C=O) groups excluding carboxylic acids is 1. The largest absolute Gasteiger partial charge is 0.381 e. The molecule has 3 nitrogen and oxygen atoms in total. The van der Waals surface area contributed by atoms with Gasteiger partial charge in [-0.2, -0.15) is 0 Å². The van der Waals surface area contributed by atoms with E-state index in [1.54, 1.807) is 0 Å². The lowest BCUT2D eigenvalue weighted by Gasteiger charge is -2.38. The first-order chi connectivity index (χ1) is 12.7. The van der Waals surface area contributed by atoms with Crippen molar-refractivity contribution < 1.29 is 9.53 Å². The second-order valence-corrected chi connectivity index (χ2v) is 7.60. The van der Waals surface area contributed by atoms with E-state index in [2.05, 4.69) is 33.4 Å². The van der Waals surface area contributed by atoms with Gasteiger partial charge < -0.3 is 10.1 Å². The predicted octanol–water partition coefficient (Wildman–Crippen LogP) is 5.04. The van der Waals surface area contributed by atoms with Crippen LogP contribution in [0.1, 0.15) is 28.8 Å². The van der Waals surface area contributed by atoms with Crippen LogP contribution in [0.25, 0.3) is 10.8 Å². The Bertz CT molecular complexity index is 942. The van der Waals surface area contributed by atoms with Crippen LogP contribution in [0.2, 0.25) is 0 Å². The Balaban J connectivity index is 1.73. The van der Waals surface area contributed by atoms with Crippen molar-refractivity contribution >= 4 is 32.6 Å². The zero-order valence-electron chi connectivity index (χ0n) is 14.4. The van der Waals surface area contributed by atoms with Crippen LogP contribution >= 0.6 is 15.9 Å². The summed E-state index contributed by atoms with van der Waals surface area (Å²) in [5.41, 5.74) is 1.42. The topological polar surface area (TPSA) is 38.3 Å². The van der Waals surface area contributed by atoms with E-state index >= 15 is 0 Å². The summed E-state index contributed by atoms with van der Waals surface area (Å²) < 4.78 is 6.59. The summed E-state index contributed by atoms with van der Waals surface area (Å²) in [4.78, 5) is 13.2. The Labute approximate surface area is 161 Å². The number of nitrogens with one attached hydrogen (secondary N) is 1. The van der Waals surface area contributed by atoms with Crippen LogP contribution in [-0.4, -0.2) is 19.1 Å². The summed E-state index contributed by atoms with van der Waals surface area (Å²) in [6.45, 7) is 1.28. The molecule has 1 aliphatic rings. The zero-order valence-corrected chi connectivity index (χ0v) is 16.0. The standard InChI is InChI=1S/C22H20BrNO2/c23-18-8-4-7-17(15-18)22(11-13-26-14-12-22)24-21(25)20-10-3-6-16-5-1-2-9-19(16)20/h1-10,15H,11-14H2,(H,24,25). The van der Waals surface area contributed by atoms with E-state index in [0.29, 0.717) is 18.8 Å². The molecule has 1 amide bonds. The Hall–Kier alpha value is -2.17. The van der Waals surface area contributed by atoms with Gasteiger partial charge in [0.05, 0.1) is 5.54 Å². The molecule has 4 heteroatoms. The average Bonchev–Trinajstić information content (AvgIpc) is 2.68. The molecule has 132 valence electrons. The van der Waals surface area contributed by atoms with Crippen LogP contribution in [0.5, 0.6) is 0 Å². The minimum absolute atomic E-state index is 0.0383. The van der Waals surface area contributed by atoms with Crippen LogP contribution in [-0.2, 0) is 10.3 Å². The first kappa shape index (κ1) is 17.3. The van der Waals surface area contributed by atoms with Gasteiger partial charge in [-0.15, -0.1) is 0 Å². The van der Waals surface area contributed by atoms with Gasteiger partial charge in [-0.1, -0.05) is 64.5 Å². The van der Waals surface area contributed by atoms with Crippen LogP contribution in [0.15, 0.2) is 71.2 Å². The quantitative estimate of drug-likeness (QED) is 0.657. The maximum atomic E-state index is 13.2. The Kier molecular flexibility index (Phi) is 4.79. The smallest absolute Gasteiger partial charge is 0.252 e. The number of rotatable bonds is 3. The second kappa shape index (κ2) is 7.22. The fourth-order valence-electron chi connectivity index (χ4n) is 3.70. The van der Waals surface area contributed by atoms with Gasteiger partial charge in [0.2, 0.25) is 0 Å². The molecule has 3 aromatic carbocycles. The molecule has 4 rings (SSSR count). The van der Waals surface area contributed by atoms with E-state index in [4.69, 9.17) is 4.74 Å². The number of benzene rings is 3. The third-order valence-electron chi connectivity index (χ3n) is 5.11. The molecule has 0 radical (unpaired) electrons. The highest BCUT2D eigenvalue weighted by Crippen LogP contribution is 2.34. The third kappa shape index (κ3) is 3.27. The van der Waals surface area contributed by atoms with Gasteiger partial charge in [0.1, 0.15) is 0 Å². The van der Waals surface area contributed by atoms with Gasteiger partial charge in [0.25, 0.3) is 5.91 Å². The molecule has 3 aromatic rings. The lowest BCUT2D eigenvalue weighted by atomic mass is 9.82. The fraction of sp³-hybridized carbons (Fsp3) is 0.227. The van der Waals surface area contributed by atoms with E-state index in [0.717, 1.165) is 33.7 Å². The molecule has 0 aliphatic carbocycles. The van der Waals surface area contributed by atoms with E-state index in [9.17, 15) is 4.79 Å². The van der Waals surface area contributed by atoms with Crippen LogP contribution in [0.3, 0.4) is 0 Å². The molecule has 0 saturated carbocycles. The summed E-state index contributed by atoms with van der Waals surface area (Å²) in [7, 11) is 0. The number of hydrogen-bond donors (Lipinski definition) is 1. The number of amides is 1. The molecule has 0 bridgehead atoms. The number of hydrogen-bond acceptors (Lipinski definition) is 2. The Morgan fingerprint density at radius 2 is 1.69 bits per heavy atom. The molecule has 0 unspecified atom stereocenters. The van der Waals surface area contributed by atoms with Crippen molar-refractivity contribution in [3.8, 4) is 0 Å². The van der Waals surface area contributed by atoms with Crippen molar-refractivity contribution in [1.82, 2.24) is 5.32 Å². The molecule has 1 aliphatic heterocycles. The van der Waals surface area contributed by atoms with Crippen molar-refractivity contribution in [1.29, 1.82) is 0 Å². The molecule has 0 spiro atoms. The maximum Gasteiger partial charge on any atom is 0.252 e. The minimum atomic E-state index is -0.407. The van der Waals surface area contributed by atoms with Crippen molar-refractivity contribution in [3.05, 3.63) is 82.3 Å². The normalized spacial score (nSPS) is 16.3. The number of ether oxygens (including phenoxy) is 1. The molecule has 1 fully saturated rings. The SMILES string of the molecule is O=C(NC1(c2cccc(Br)c2)CCOCC1)c1cccc2ccccc12. The first-order valence-electron chi connectivity index (χ1n) is 8.82. The lowest BCUT2D eigenvalue weighted by molar-refractivity contribution is 0.0346.